The maximum Gasteiger partial charge on any atom is 0.236 e. The van der Waals surface area contributed by atoms with E-state index in [2.05, 4.69) is 10.3 Å². The molecule has 1 amide bonds. The molecule has 1 atom stereocenters. The molecule has 1 aliphatic rings. The predicted molar refractivity (Wildman–Crippen MR) is 98.9 cm³/mol. The fourth-order valence-corrected chi connectivity index (χ4v) is 4.07. The molecule has 0 fully saturated rings. The van der Waals surface area contributed by atoms with Gasteiger partial charge in [-0.15, -0.1) is 11.3 Å². The van der Waals surface area contributed by atoms with Crippen molar-refractivity contribution < 1.29 is 9.21 Å². The number of rotatable bonds is 4. The van der Waals surface area contributed by atoms with Crippen LogP contribution in [0.15, 0.2) is 40.1 Å². The van der Waals surface area contributed by atoms with Crippen molar-refractivity contribution in [2.24, 2.45) is 0 Å². The molecule has 0 spiro atoms. The normalized spacial score (nSPS) is 16.0. The number of benzene rings is 1. The van der Waals surface area contributed by atoms with E-state index in [9.17, 15) is 4.79 Å². The Labute approximate surface area is 154 Å². The first-order valence-corrected chi connectivity index (χ1v) is 9.44. The SMILES string of the molecule is Cc1oc(-c2cccs2)nc1CC(=O)NC1CCc2cc(Cl)ccc21. The van der Waals surface area contributed by atoms with Crippen LogP contribution in [0.2, 0.25) is 5.02 Å². The Balaban J connectivity index is 1.45. The summed E-state index contributed by atoms with van der Waals surface area (Å²) < 4.78 is 5.70. The summed E-state index contributed by atoms with van der Waals surface area (Å²) in [6, 6.07) is 9.82. The van der Waals surface area contributed by atoms with Crippen LogP contribution in [0.1, 0.15) is 35.0 Å². The van der Waals surface area contributed by atoms with Crippen molar-refractivity contribution in [1.29, 1.82) is 0 Å². The highest BCUT2D eigenvalue weighted by molar-refractivity contribution is 7.13. The van der Waals surface area contributed by atoms with Gasteiger partial charge in [0.2, 0.25) is 11.8 Å². The van der Waals surface area contributed by atoms with Crippen LogP contribution in [0.25, 0.3) is 10.8 Å². The number of nitrogens with one attached hydrogen (secondary N) is 1. The van der Waals surface area contributed by atoms with Crippen molar-refractivity contribution in [2.75, 3.05) is 0 Å². The largest absolute Gasteiger partial charge is 0.440 e. The van der Waals surface area contributed by atoms with E-state index < -0.39 is 0 Å². The lowest BCUT2D eigenvalue weighted by Crippen LogP contribution is -2.28. The molecule has 128 valence electrons. The Morgan fingerprint density at radius 2 is 2.32 bits per heavy atom. The highest BCUT2D eigenvalue weighted by Gasteiger charge is 2.25. The molecule has 25 heavy (non-hydrogen) atoms. The van der Waals surface area contributed by atoms with Gasteiger partial charge < -0.3 is 9.73 Å². The summed E-state index contributed by atoms with van der Waals surface area (Å²) in [6.07, 6.45) is 2.06. The number of aryl methyl sites for hydroxylation is 2. The fourth-order valence-electron chi connectivity index (χ4n) is 3.23. The number of oxazole rings is 1. The minimum absolute atomic E-state index is 0.0399. The first-order chi connectivity index (χ1) is 12.1. The maximum atomic E-state index is 12.5. The highest BCUT2D eigenvalue weighted by Crippen LogP contribution is 2.33. The van der Waals surface area contributed by atoms with Gasteiger partial charge in [0.05, 0.1) is 23.0 Å². The van der Waals surface area contributed by atoms with E-state index in [1.165, 1.54) is 5.56 Å². The Morgan fingerprint density at radius 1 is 1.44 bits per heavy atom. The van der Waals surface area contributed by atoms with E-state index in [0.717, 1.165) is 28.3 Å². The number of carbonyl (C=O) groups is 1. The van der Waals surface area contributed by atoms with Crippen molar-refractivity contribution >= 4 is 28.8 Å². The standard InChI is InChI=1S/C19H17ClN2O2S/c1-11-16(22-19(24-11)17-3-2-8-25-17)10-18(23)21-15-7-4-12-9-13(20)5-6-14(12)15/h2-3,5-6,8-9,15H,4,7,10H2,1H3,(H,21,23). The van der Waals surface area contributed by atoms with E-state index in [1.807, 2.05) is 42.6 Å². The molecular formula is C19H17ClN2O2S. The van der Waals surface area contributed by atoms with E-state index in [-0.39, 0.29) is 18.4 Å². The van der Waals surface area contributed by atoms with Gasteiger partial charge in [-0.05, 0) is 54.5 Å². The summed E-state index contributed by atoms with van der Waals surface area (Å²) in [5.41, 5.74) is 3.07. The minimum atomic E-state index is -0.0399. The van der Waals surface area contributed by atoms with Gasteiger partial charge in [-0.3, -0.25) is 4.79 Å². The summed E-state index contributed by atoms with van der Waals surface area (Å²) in [5, 5.41) is 5.83. The summed E-state index contributed by atoms with van der Waals surface area (Å²) in [7, 11) is 0. The molecule has 1 unspecified atom stereocenters. The Kier molecular flexibility index (Phi) is 4.36. The summed E-state index contributed by atoms with van der Waals surface area (Å²) >= 11 is 7.61. The number of hydrogen-bond donors (Lipinski definition) is 1. The van der Waals surface area contributed by atoms with Gasteiger partial charge in [-0.2, -0.15) is 0 Å². The molecule has 1 aromatic carbocycles. The van der Waals surface area contributed by atoms with Crippen LogP contribution >= 0.6 is 22.9 Å². The summed E-state index contributed by atoms with van der Waals surface area (Å²) in [4.78, 5) is 17.9. The molecule has 0 bridgehead atoms. The van der Waals surface area contributed by atoms with Crippen LogP contribution in [-0.4, -0.2) is 10.9 Å². The average Bonchev–Trinajstić information content (AvgIpc) is 3.29. The second kappa shape index (κ2) is 6.65. The highest BCUT2D eigenvalue weighted by atomic mass is 35.5. The molecule has 0 aliphatic heterocycles. The number of fused-ring (bicyclic) bond motifs is 1. The van der Waals surface area contributed by atoms with Gasteiger partial charge in [0.1, 0.15) is 5.76 Å². The predicted octanol–water partition coefficient (Wildman–Crippen LogP) is 4.71. The van der Waals surface area contributed by atoms with Gasteiger partial charge in [0.25, 0.3) is 0 Å². The van der Waals surface area contributed by atoms with Crippen molar-refractivity contribution in [1.82, 2.24) is 10.3 Å². The zero-order chi connectivity index (χ0) is 17.4. The molecular weight excluding hydrogens is 356 g/mol. The Bertz CT molecular complexity index is 918. The first-order valence-electron chi connectivity index (χ1n) is 8.18. The zero-order valence-electron chi connectivity index (χ0n) is 13.7. The van der Waals surface area contributed by atoms with Crippen molar-refractivity contribution in [3.05, 3.63) is 63.3 Å². The van der Waals surface area contributed by atoms with E-state index in [1.54, 1.807) is 11.3 Å². The van der Waals surface area contributed by atoms with Crippen LogP contribution in [-0.2, 0) is 17.6 Å². The number of carbonyl (C=O) groups excluding carboxylic acids is 1. The van der Waals surface area contributed by atoms with Gasteiger partial charge in [-0.1, -0.05) is 23.7 Å². The number of nitrogens with zero attached hydrogens (tertiary/aromatic N) is 1. The lowest BCUT2D eigenvalue weighted by molar-refractivity contribution is -0.121. The molecule has 6 heteroatoms. The Hall–Kier alpha value is -2.11. The third kappa shape index (κ3) is 3.34. The monoisotopic (exact) mass is 372 g/mol. The van der Waals surface area contributed by atoms with E-state index in [0.29, 0.717) is 17.3 Å². The van der Waals surface area contributed by atoms with Crippen LogP contribution in [0.5, 0.6) is 0 Å². The number of halogens is 1. The van der Waals surface area contributed by atoms with Gasteiger partial charge in [-0.25, -0.2) is 4.98 Å². The third-order valence-electron chi connectivity index (χ3n) is 4.47. The molecule has 4 nitrogen and oxygen atoms in total. The van der Waals surface area contributed by atoms with Crippen LogP contribution in [0.3, 0.4) is 0 Å². The summed E-state index contributed by atoms with van der Waals surface area (Å²) in [6.45, 7) is 1.85. The maximum absolute atomic E-state index is 12.5. The lowest BCUT2D eigenvalue weighted by Gasteiger charge is -2.13. The lowest BCUT2D eigenvalue weighted by atomic mass is 10.1. The summed E-state index contributed by atoms with van der Waals surface area (Å²) in [5.74, 6) is 1.23. The number of thiophene rings is 1. The average molecular weight is 373 g/mol. The number of amides is 1. The minimum Gasteiger partial charge on any atom is -0.440 e. The van der Waals surface area contributed by atoms with Gasteiger partial charge in [0.15, 0.2) is 0 Å². The van der Waals surface area contributed by atoms with Crippen molar-refractivity contribution in [2.45, 2.75) is 32.2 Å². The smallest absolute Gasteiger partial charge is 0.236 e. The van der Waals surface area contributed by atoms with Crippen molar-refractivity contribution in [3.8, 4) is 10.8 Å². The first kappa shape index (κ1) is 16.4. The molecule has 2 aromatic heterocycles. The second-order valence-electron chi connectivity index (χ2n) is 6.18. The number of hydrogen-bond acceptors (Lipinski definition) is 4. The topological polar surface area (TPSA) is 55.1 Å². The van der Waals surface area contributed by atoms with E-state index >= 15 is 0 Å². The van der Waals surface area contributed by atoms with Crippen LogP contribution in [0.4, 0.5) is 0 Å². The Morgan fingerprint density at radius 3 is 3.12 bits per heavy atom. The molecule has 0 saturated heterocycles. The van der Waals surface area contributed by atoms with Gasteiger partial charge >= 0.3 is 0 Å². The molecule has 2 heterocycles. The third-order valence-corrected chi connectivity index (χ3v) is 5.56. The van der Waals surface area contributed by atoms with E-state index in [4.69, 9.17) is 16.0 Å². The molecule has 1 aliphatic carbocycles. The molecule has 1 N–H and O–H groups in total. The van der Waals surface area contributed by atoms with Crippen LogP contribution < -0.4 is 5.32 Å². The molecule has 0 radical (unpaired) electrons. The van der Waals surface area contributed by atoms with Crippen LogP contribution in [0, 0.1) is 6.92 Å². The quantitative estimate of drug-likeness (QED) is 0.721. The van der Waals surface area contributed by atoms with Gasteiger partial charge in [0, 0.05) is 5.02 Å². The molecule has 0 saturated carbocycles. The second-order valence-corrected chi connectivity index (χ2v) is 7.56. The number of aromatic nitrogens is 1. The molecule has 3 aromatic rings. The zero-order valence-corrected chi connectivity index (χ0v) is 15.3. The van der Waals surface area contributed by atoms with Crippen molar-refractivity contribution in [3.63, 3.8) is 0 Å². The molecule has 4 rings (SSSR count). The fraction of sp³-hybridized carbons (Fsp3) is 0.263.